The summed E-state index contributed by atoms with van der Waals surface area (Å²) in [6, 6.07) is 6.76. The molecule has 19 heavy (non-hydrogen) atoms. The molecule has 4 nitrogen and oxygen atoms in total. The third-order valence-corrected chi connectivity index (χ3v) is 3.21. The van der Waals surface area contributed by atoms with Crippen molar-refractivity contribution in [3.05, 3.63) is 46.9 Å². The van der Waals surface area contributed by atoms with Gasteiger partial charge in [0.15, 0.2) is 0 Å². The molecule has 0 saturated heterocycles. The van der Waals surface area contributed by atoms with Gasteiger partial charge in [-0.15, -0.1) is 0 Å². The van der Waals surface area contributed by atoms with Crippen molar-refractivity contribution in [2.24, 2.45) is 0 Å². The predicted octanol–water partition coefficient (Wildman–Crippen LogP) is 3.16. The van der Waals surface area contributed by atoms with Crippen molar-refractivity contribution in [1.29, 1.82) is 0 Å². The van der Waals surface area contributed by atoms with Crippen molar-refractivity contribution in [1.82, 2.24) is 5.32 Å². The third-order valence-electron chi connectivity index (χ3n) is 3.21. The molecule has 1 aromatic heterocycles. The van der Waals surface area contributed by atoms with Gasteiger partial charge >= 0.3 is 0 Å². The zero-order valence-electron chi connectivity index (χ0n) is 11.4. The Morgan fingerprint density at radius 1 is 1.21 bits per heavy atom. The number of benzene rings is 1. The summed E-state index contributed by atoms with van der Waals surface area (Å²) >= 11 is 0. The molecule has 1 unspecified atom stereocenters. The van der Waals surface area contributed by atoms with Crippen molar-refractivity contribution in [2.75, 3.05) is 0 Å². The zero-order chi connectivity index (χ0) is 14.0. The van der Waals surface area contributed by atoms with Gasteiger partial charge in [0.05, 0.1) is 0 Å². The van der Waals surface area contributed by atoms with Gasteiger partial charge in [-0.05, 0) is 32.9 Å². The average molecular weight is 261 g/mol. The van der Waals surface area contributed by atoms with E-state index in [4.69, 9.17) is 4.42 Å². The Morgan fingerprint density at radius 3 is 2.53 bits per heavy atom. The predicted molar refractivity (Wildman–Crippen MR) is 73.2 cm³/mol. The molecule has 0 bridgehead atoms. The van der Waals surface area contributed by atoms with Gasteiger partial charge < -0.3 is 19.9 Å². The van der Waals surface area contributed by atoms with Crippen LogP contribution in [-0.2, 0) is 6.54 Å². The molecule has 1 aromatic carbocycles. The quantitative estimate of drug-likeness (QED) is 0.791. The second-order valence-electron chi connectivity index (χ2n) is 4.78. The van der Waals surface area contributed by atoms with Gasteiger partial charge in [-0.1, -0.05) is 6.07 Å². The molecule has 0 spiro atoms. The fraction of sp³-hybridized carbons (Fsp3) is 0.333. The fourth-order valence-electron chi connectivity index (χ4n) is 2.16. The first-order valence-corrected chi connectivity index (χ1v) is 6.28. The highest BCUT2D eigenvalue weighted by molar-refractivity contribution is 5.39. The largest absolute Gasteiger partial charge is 0.508 e. The second-order valence-corrected chi connectivity index (χ2v) is 4.78. The summed E-state index contributed by atoms with van der Waals surface area (Å²) in [5, 5.41) is 22.3. The second kappa shape index (κ2) is 5.36. The highest BCUT2D eigenvalue weighted by Gasteiger charge is 2.12. The number of furan rings is 1. The summed E-state index contributed by atoms with van der Waals surface area (Å²) in [5.41, 5.74) is 1.87. The van der Waals surface area contributed by atoms with Crippen LogP contribution in [0.1, 0.15) is 35.6 Å². The lowest BCUT2D eigenvalue weighted by Crippen LogP contribution is -2.18. The minimum absolute atomic E-state index is 0.0654. The van der Waals surface area contributed by atoms with Gasteiger partial charge in [0, 0.05) is 29.8 Å². The number of nitrogens with one attached hydrogen (secondary N) is 1. The maximum absolute atomic E-state index is 9.71. The molecular weight excluding hydrogens is 242 g/mol. The van der Waals surface area contributed by atoms with E-state index in [1.807, 2.05) is 19.9 Å². The normalized spacial score (nSPS) is 12.6. The minimum Gasteiger partial charge on any atom is -0.508 e. The van der Waals surface area contributed by atoms with Gasteiger partial charge in [-0.2, -0.15) is 0 Å². The smallest absolute Gasteiger partial charge is 0.123 e. The Balaban J connectivity index is 2.04. The van der Waals surface area contributed by atoms with Crippen molar-refractivity contribution in [3.8, 4) is 11.5 Å². The molecule has 1 heterocycles. The fourth-order valence-corrected chi connectivity index (χ4v) is 2.16. The molecule has 0 aliphatic rings. The Hall–Kier alpha value is -1.94. The van der Waals surface area contributed by atoms with E-state index in [1.54, 1.807) is 12.1 Å². The summed E-state index contributed by atoms with van der Waals surface area (Å²) in [7, 11) is 0. The summed E-state index contributed by atoms with van der Waals surface area (Å²) in [6.45, 7) is 6.44. The first-order chi connectivity index (χ1) is 8.97. The van der Waals surface area contributed by atoms with E-state index in [0.717, 1.165) is 22.6 Å². The van der Waals surface area contributed by atoms with E-state index >= 15 is 0 Å². The summed E-state index contributed by atoms with van der Waals surface area (Å²) in [4.78, 5) is 0. The lowest BCUT2D eigenvalue weighted by molar-refractivity contribution is 0.441. The Bertz CT molecular complexity index is 575. The van der Waals surface area contributed by atoms with Crippen LogP contribution >= 0.6 is 0 Å². The van der Waals surface area contributed by atoms with E-state index in [9.17, 15) is 10.2 Å². The van der Waals surface area contributed by atoms with Crippen molar-refractivity contribution in [2.45, 2.75) is 33.4 Å². The Kier molecular flexibility index (Phi) is 3.81. The zero-order valence-corrected chi connectivity index (χ0v) is 11.4. The topological polar surface area (TPSA) is 65.6 Å². The SMILES string of the molecule is Cc1cc(C(C)NCc2ccc(O)cc2O)c(C)o1. The molecule has 2 rings (SSSR count). The number of aryl methyl sites for hydroxylation is 2. The molecule has 0 aliphatic heterocycles. The summed E-state index contributed by atoms with van der Waals surface area (Å²) in [6.07, 6.45) is 0. The van der Waals surface area contributed by atoms with Gasteiger partial charge in [-0.3, -0.25) is 0 Å². The van der Waals surface area contributed by atoms with E-state index < -0.39 is 0 Å². The molecule has 102 valence electrons. The average Bonchev–Trinajstić information content (AvgIpc) is 2.67. The standard InChI is InChI=1S/C15H19NO3/c1-9-6-14(11(3)19-9)10(2)16-8-12-4-5-13(17)7-15(12)18/h4-7,10,16-18H,8H2,1-3H3. The third kappa shape index (κ3) is 3.09. The van der Waals surface area contributed by atoms with Crippen molar-refractivity contribution >= 4 is 0 Å². The van der Waals surface area contributed by atoms with E-state index in [1.165, 1.54) is 6.07 Å². The number of phenols is 2. The number of rotatable bonds is 4. The molecule has 0 saturated carbocycles. The van der Waals surface area contributed by atoms with Crippen LogP contribution in [0.2, 0.25) is 0 Å². The molecule has 4 heteroatoms. The monoisotopic (exact) mass is 261 g/mol. The first-order valence-electron chi connectivity index (χ1n) is 6.28. The van der Waals surface area contributed by atoms with Crippen LogP contribution in [-0.4, -0.2) is 10.2 Å². The van der Waals surface area contributed by atoms with E-state index in [-0.39, 0.29) is 17.5 Å². The molecule has 3 N–H and O–H groups in total. The first kappa shape index (κ1) is 13.5. The summed E-state index contributed by atoms with van der Waals surface area (Å²) in [5.74, 6) is 1.97. The van der Waals surface area contributed by atoms with E-state index in [0.29, 0.717) is 6.54 Å². The molecule has 0 fully saturated rings. The Morgan fingerprint density at radius 2 is 1.95 bits per heavy atom. The van der Waals surface area contributed by atoms with Crippen LogP contribution in [0.4, 0.5) is 0 Å². The van der Waals surface area contributed by atoms with Crippen molar-refractivity contribution < 1.29 is 14.6 Å². The highest BCUT2D eigenvalue weighted by atomic mass is 16.3. The van der Waals surface area contributed by atoms with Crippen LogP contribution in [0.3, 0.4) is 0 Å². The van der Waals surface area contributed by atoms with Crippen LogP contribution in [0.5, 0.6) is 11.5 Å². The molecular formula is C15H19NO3. The number of aromatic hydroxyl groups is 2. The van der Waals surface area contributed by atoms with Gasteiger partial charge in [0.25, 0.3) is 0 Å². The molecule has 1 atom stereocenters. The van der Waals surface area contributed by atoms with Crippen LogP contribution in [0.25, 0.3) is 0 Å². The van der Waals surface area contributed by atoms with Crippen LogP contribution in [0.15, 0.2) is 28.7 Å². The maximum Gasteiger partial charge on any atom is 0.123 e. The molecule has 0 aliphatic carbocycles. The number of hydrogen-bond acceptors (Lipinski definition) is 4. The van der Waals surface area contributed by atoms with Gasteiger partial charge in [0.2, 0.25) is 0 Å². The van der Waals surface area contributed by atoms with Gasteiger partial charge in [-0.25, -0.2) is 0 Å². The van der Waals surface area contributed by atoms with Crippen LogP contribution in [0, 0.1) is 13.8 Å². The van der Waals surface area contributed by atoms with E-state index in [2.05, 4.69) is 12.2 Å². The Labute approximate surface area is 112 Å². The lowest BCUT2D eigenvalue weighted by Gasteiger charge is -2.14. The lowest BCUT2D eigenvalue weighted by atomic mass is 10.1. The van der Waals surface area contributed by atoms with Crippen molar-refractivity contribution in [3.63, 3.8) is 0 Å². The summed E-state index contributed by atoms with van der Waals surface area (Å²) < 4.78 is 5.50. The maximum atomic E-state index is 9.71. The highest BCUT2D eigenvalue weighted by Crippen LogP contribution is 2.25. The molecule has 0 radical (unpaired) electrons. The molecule has 2 aromatic rings. The number of hydrogen-bond donors (Lipinski definition) is 3. The minimum atomic E-state index is 0.0654. The van der Waals surface area contributed by atoms with Gasteiger partial charge in [0.1, 0.15) is 23.0 Å². The number of phenolic OH excluding ortho intramolecular Hbond substituents is 2. The molecule has 0 amide bonds. The van der Waals surface area contributed by atoms with Crippen LogP contribution < -0.4 is 5.32 Å².